The standard InChI is InChI=1S/C17H31N3O3/c1-5-7-15(19(2)3)16(21)18-10-6-11-20-12-8-14(9-13-20)17(22)23-4/h5,14-15H,1,6-13H2,2-4H3,(H,18,21). The summed E-state index contributed by atoms with van der Waals surface area (Å²) in [6.45, 7) is 7.17. The lowest BCUT2D eigenvalue weighted by molar-refractivity contribution is -0.147. The number of hydrogen-bond acceptors (Lipinski definition) is 5. The number of likely N-dealkylation sites (N-methyl/N-ethyl adjacent to an activating group) is 1. The zero-order valence-electron chi connectivity index (χ0n) is 14.7. The molecule has 0 bridgehead atoms. The Hall–Kier alpha value is -1.40. The highest BCUT2D eigenvalue weighted by molar-refractivity contribution is 5.81. The number of ether oxygens (including phenoxy) is 1. The molecule has 1 unspecified atom stereocenters. The second kappa shape index (κ2) is 10.4. The molecule has 0 saturated carbocycles. The number of esters is 1. The smallest absolute Gasteiger partial charge is 0.308 e. The molecule has 1 amide bonds. The van der Waals surface area contributed by atoms with Crippen molar-refractivity contribution in [2.24, 2.45) is 5.92 Å². The van der Waals surface area contributed by atoms with E-state index in [1.807, 2.05) is 19.0 Å². The van der Waals surface area contributed by atoms with Crippen LogP contribution in [-0.4, -0.2) is 75.1 Å². The summed E-state index contributed by atoms with van der Waals surface area (Å²) < 4.78 is 4.80. The molecular weight excluding hydrogens is 294 g/mol. The minimum Gasteiger partial charge on any atom is -0.469 e. The molecule has 0 aromatic rings. The summed E-state index contributed by atoms with van der Waals surface area (Å²) in [5.41, 5.74) is 0. The monoisotopic (exact) mass is 325 g/mol. The maximum atomic E-state index is 12.1. The number of nitrogens with one attached hydrogen (secondary N) is 1. The molecule has 1 N–H and O–H groups in total. The van der Waals surface area contributed by atoms with Crippen LogP contribution in [0.3, 0.4) is 0 Å². The highest BCUT2D eigenvalue weighted by atomic mass is 16.5. The SMILES string of the molecule is C=CCC(C(=O)NCCCN1CCC(C(=O)OC)CC1)N(C)C. The number of likely N-dealkylation sites (tertiary alicyclic amines) is 1. The molecule has 1 atom stereocenters. The first kappa shape index (κ1) is 19.6. The van der Waals surface area contributed by atoms with Gasteiger partial charge in [-0.3, -0.25) is 14.5 Å². The molecule has 1 heterocycles. The Kier molecular flexibility index (Phi) is 8.87. The van der Waals surface area contributed by atoms with Crippen molar-refractivity contribution >= 4 is 11.9 Å². The van der Waals surface area contributed by atoms with Crippen molar-refractivity contribution in [2.45, 2.75) is 31.7 Å². The van der Waals surface area contributed by atoms with E-state index < -0.39 is 0 Å². The van der Waals surface area contributed by atoms with Gasteiger partial charge in [0.25, 0.3) is 0 Å². The van der Waals surface area contributed by atoms with E-state index in [1.54, 1.807) is 6.08 Å². The van der Waals surface area contributed by atoms with Gasteiger partial charge in [-0.15, -0.1) is 6.58 Å². The van der Waals surface area contributed by atoms with Gasteiger partial charge in [0, 0.05) is 6.54 Å². The highest BCUT2D eigenvalue weighted by Crippen LogP contribution is 2.18. The number of rotatable bonds is 9. The summed E-state index contributed by atoms with van der Waals surface area (Å²) in [6, 6.07) is -0.150. The minimum atomic E-state index is -0.150. The average Bonchev–Trinajstić information content (AvgIpc) is 2.55. The molecule has 6 nitrogen and oxygen atoms in total. The molecule has 1 rings (SSSR count). The van der Waals surface area contributed by atoms with Gasteiger partial charge in [0.2, 0.25) is 5.91 Å². The summed E-state index contributed by atoms with van der Waals surface area (Å²) in [4.78, 5) is 27.9. The molecule has 1 aliphatic heterocycles. The lowest BCUT2D eigenvalue weighted by Gasteiger charge is -2.30. The maximum absolute atomic E-state index is 12.1. The molecule has 0 aliphatic carbocycles. The number of methoxy groups -OCH3 is 1. The normalized spacial score (nSPS) is 17.7. The van der Waals surface area contributed by atoms with E-state index in [1.165, 1.54) is 7.11 Å². The zero-order chi connectivity index (χ0) is 17.2. The molecule has 23 heavy (non-hydrogen) atoms. The van der Waals surface area contributed by atoms with Gasteiger partial charge in [0.1, 0.15) is 0 Å². The van der Waals surface area contributed by atoms with E-state index in [0.29, 0.717) is 13.0 Å². The topological polar surface area (TPSA) is 61.9 Å². The predicted molar refractivity (Wildman–Crippen MR) is 91.1 cm³/mol. The van der Waals surface area contributed by atoms with E-state index in [4.69, 9.17) is 4.74 Å². The molecule has 1 fully saturated rings. The van der Waals surface area contributed by atoms with E-state index in [0.717, 1.165) is 38.9 Å². The van der Waals surface area contributed by atoms with Crippen LogP contribution in [0.4, 0.5) is 0 Å². The van der Waals surface area contributed by atoms with Crippen molar-refractivity contribution in [3.63, 3.8) is 0 Å². The zero-order valence-corrected chi connectivity index (χ0v) is 14.7. The fourth-order valence-electron chi connectivity index (χ4n) is 2.90. The van der Waals surface area contributed by atoms with Crippen LogP contribution in [0, 0.1) is 5.92 Å². The number of hydrogen-bond donors (Lipinski definition) is 1. The van der Waals surface area contributed by atoms with Gasteiger partial charge in [-0.2, -0.15) is 0 Å². The number of nitrogens with zero attached hydrogens (tertiary/aromatic N) is 2. The summed E-state index contributed by atoms with van der Waals surface area (Å²) >= 11 is 0. The van der Waals surface area contributed by atoms with Crippen molar-refractivity contribution in [1.29, 1.82) is 0 Å². The van der Waals surface area contributed by atoms with Crippen LogP contribution >= 0.6 is 0 Å². The van der Waals surface area contributed by atoms with Gasteiger partial charge < -0.3 is 15.0 Å². The van der Waals surface area contributed by atoms with Crippen LogP contribution in [0.2, 0.25) is 0 Å². The van der Waals surface area contributed by atoms with Crippen molar-refractivity contribution in [1.82, 2.24) is 15.1 Å². The first-order valence-corrected chi connectivity index (χ1v) is 8.34. The van der Waals surface area contributed by atoms with Crippen molar-refractivity contribution in [3.8, 4) is 0 Å². The minimum absolute atomic E-state index is 0.0516. The van der Waals surface area contributed by atoms with Crippen LogP contribution < -0.4 is 5.32 Å². The Morgan fingerprint density at radius 2 is 2.04 bits per heavy atom. The Labute approximate surface area is 139 Å². The lowest BCUT2D eigenvalue weighted by atomic mass is 9.97. The third kappa shape index (κ3) is 6.71. The summed E-state index contributed by atoms with van der Waals surface area (Å²) in [7, 11) is 5.25. The number of amides is 1. The number of carbonyl (C=O) groups excluding carboxylic acids is 2. The Balaban J connectivity index is 2.19. The molecule has 0 aromatic carbocycles. The van der Waals surface area contributed by atoms with Gasteiger partial charge in [0.05, 0.1) is 19.1 Å². The largest absolute Gasteiger partial charge is 0.469 e. The van der Waals surface area contributed by atoms with Crippen molar-refractivity contribution < 1.29 is 14.3 Å². The highest BCUT2D eigenvalue weighted by Gasteiger charge is 2.25. The van der Waals surface area contributed by atoms with Crippen LogP contribution in [0.5, 0.6) is 0 Å². The van der Waals surface area contributed by atoms with Crippen LogP contribution in [0.25, 0.3) is 0 Å². The molecule has 132 valence electrons. The predicted octanol–water partition coefficient (Wildman–Crippen LogP) is 0.884. The summed E-state index contributed by atoms with van der Waals surface area (Å²) in [6.07, 6.45) is 5.07. The summed E-state index contributed by atoms with van der Waals surface area (Å²) in [5.74, 6) is 0.0175. The third-order valence-corrected chi connectivity index (χ3v) is 4.39. The molecule has 1 saturated heterocycles. The maximum Gasteiger partial charge on any atom is 0.308 e. The van der Waals surface area contributed by atoms with Crippen LogP contribution in [0.15, 0.2) is 12.7 Å². The van der Waals surface area contributed by atoms with E-state index in [-0.39, 0.29) is 23.8 Å². The fourth-order valence-corrected chi connectivity index (χ4v) is 2.90. The first-order chi connectivity index (χ1) is 11.0. The molecule has 0 spiro atoms. The second-order valence-corrected chi connectivity index (χ2v) is 6.29. The van der Waals surface area contributed by atoms with Crippen molar-refractivity contribution in [2.75, 3.05) is 47.4 Å². The number of piperidine rings is 1. The Bertz CT molecular complexity index is 391. The molecular formula is C17H31N3O3. The second-order valence-electron chi connectivity index (χ2n) is 6.29. The quantitative estimate of drug-likeness (QED) is 0.387. The first-order valence-electron chi connectivity index (χ1n) is 8.34. The van der Waals surface area contributed by atoms with Crippen LogP contribution in [-0.2, 0) is 14.3 Å². The van der Waals surface area contributed by atoms with E-state index in [2.05, 4.69) is 16.8 Å². The molecule has 0 aromatic heterocycles. The van der Waals surface area contributed by atoms with Gasteiger partial charge in [-0.1, -0.05) is 6.08 Å². The van der Waals surface area contributed by atoms with Gasteiger partial charge >= 0.3 is 5.97 Å². The third-order valence-electron chi connectivity index (χ3n) is 4.39. The Morgan fingerprint density at radius 3 is 2.57 bits per heavy atom. The number of carbonyl (C=O) groups is 2. The van der Waals surface area contributed by atoms with Gasteiger partial charge in [-0.05, 0) is 59.4 Å². The molecule has 6 heteroatoms. The van der Waals surface area contributed by atoms with Gasteiger partial charge in [-0.25, -0.2) is 0 Å². The molecule has 0 radical (unpaired) electrons. The summed E-state index contributed by atoms with van der Waals surface area (Å²) in [5, 5.41) is 3.00. The average molecular weight is 325 g/mol. The molecule has 1 aliphatic rings. The van der Waals surface area contributed by atoms with E-state index in [9.17, 15) is 9.59 Å². The van der Waals surface area contributed by atoms with Gasteiger partial charge in [0.15, 0.2) is 0 Å². The Morgan fingerprint density at radius 1 is 1.39 bits per heavy atom. The van der Waals surface area contributed by atoms with Crippen molar-refractivity contribution in [3.05, 3.63) is 12.7 Å². The fraction of sp³-hybridized carbons (Fsp3) is 0.765. The van der Waals surface area contributed by atoms with Crippen LogP contribution in [0.1, 0.15) is 25.7 Å². The van der Waals surface area contributed by atoms with E-state index >= 15 is 0 Å². The lowest BCUT2D eigenvalue weighted by Crippen LogP contribution is -2.44.